The second-order valence-electron chi connectivity index (χ2n) is 4.96. The predicted octanol–water partition coefficient (Wildman–Crippen LogP) is 2.05. The molecular weight excluding hydrogens is 343 g/mol. The zero-order valence-electron chi connectivity index (χ0n) is 12.7. The molecule has 0 aliphatic carbocycles. The Morgan fingerprint density at radius 3 is 2.64 bits per heavy atom. The maximum absolute atomic E-state index is 12.6. The van der Waals surface area contributed by atoms with Crippen LogP contribution in [0.2, 0.25) is 0 Å². The van der Waals surface area contributed by atoms with E-state index in [1.165, 1.54) is 18.3 Å². The molecule has 25 heavy (non-hydrogen) atoms. The molecule has 10 heteroatoms. The Morgan fingerprint density at radius 2 is 2.04 bits per heavy atom. The van der Waals surface area contributed by atoms with Crippen molar-refractivity contribution in [3.63, 3.8) is 0 Å². The van der Waals surface area contributed by atoms with E-state index in [4.69, 9.17) is 9.84 Å². The molecule has 1 aromatic heterocycles. The number of carboxylic acid groups (broad SMARTS) is 1. The summed E-state index contributed by atoms with van der Waals surface area (Å²) in [5, 5.41) is 21.2. The van der Waals surface area contributed by atoms with Gasteiger partial charge in [-0.1, -0.05) is 6.07 Å². The molecule has 0 spiro atoms. The van der Waals surface area contributed by atoms with Crippen LogP contribution in [0.3, 0.4) is 0 Å². The van der Waals surface area contributed by atoms with E-state index in [1.807, 2.05) is 0 Å². The fraction of sp³-hybridized carbons (Fsp3) is 0.267. The number of aliphatic hydroxyl groups excluding tert-OH is 1. The average Bonchev–Trinajstić information content (AvgIpc) is 2.58. The average molecular weight is 357 g/mol. The fourth-order valence-corrected chi connectivity index (χ4v) is 1.77. The van der Waals surface area contributed by atoms with Crippen LogP contribution in [-0.2, 0) is 6.18 Å². The molecule has 0 fully saturated rings. The molecule has 0 aliphatic rings. The van der Waals surface area contributed by atoms with Gasteiger partial charge in [0.2, 0.25) is 0 Å². The van der Waals surface area contributed by atoms with E-state index in [-0.39, 0.29) is 30.4 Å². The molecule has 1 unspecified atom stereocenters. The number of aromatic nitrogens is 2. The molecule has 0 bridgehead atoms. The van der Waals surface area contributed by atoms with Gasteiger partial charge in [0.05, 0.1) is 18.0 Å². The van der Waals surface area contributed by atoms with Crippen LogP contribution in [-0.4, -0.2) is 45.4 Å². The van der Waals surface area contributed by atoms with E-state index in [1.54, 1.807) is 0 Å². The van der Waals surface area contributed by atoms with Gasteiger partial charge in [-0.15, -0.1) is 0 Å². The third-order valence-corrected chi connectivity index (χ3v) is 2.99. The maximum Gasteiger partial charge on any atom is 0.416 e. The lowest BCUT2D eigenvalue weighted by molar-refractivity contribution is -0.137. The quantitative estimate of drug-likeness (QED) is 0.696. The van der Waals surface area contributed by atoms with Gasteiger partial charge < -0.3 is 20.3 Å². The number of nitrogens with zero attached hydrogens (tertiary/aromatic N) is 2. The number of hydrogen-bond donors (Lipinski definition) is 3. The minimum Gasteiger partial charge on any atom is -0.491 e. The summed E-state index contributed by atoms with van der Waals surface area (Å²) in [6, 6.07) is 4.33. The smallest absolute Gasteiger partial charge is 0.416 e. The molecule has 3 N–H and O–H groups in total. The van der Waals surface area contributed by atoms with E-state index < -0.39 is 23.8 Å². The van der Waals surface area contributed by atoms with Crippen molar-refractivity contribution in [2.45, 2.75) is 12.3 Å². The first kappa shape index (κ1) is 18.5. The van der Waals surface area contributed by atoms with E-state index in [0.29, 0.717) is 0 Å². The summed E-state index contributed by atoms with van der Waals surface area (Å²) in [6.45, 7) is -0.255. The van der Waals surface area contributed by atoms with Crippen LogP contribution in [0.1, 0.15) is 16.1 Å². The second-order valence-corrected chi connectivity index (χ2v) is 4.96. The molecule has 134 valence electrons. The Kier molecular flexibility index (Phi) is 5.75. The number of hydrogen-bond acceptors (Lipinski definition) is 6. The summed E-state index contributed by atoms with van der Waals surface area (Å²) >= 11 is 0. The zero-order valence-corrected chi connectivity index (χ0v) is 12.7. The van der Waals surface area contributed by atoms with Crippen molar-refractivity contribution < 1.29 is 32.9 Å². The lowest BCUT2D eigenvalue weighted by Gasteiger charge is -2.14. The molecule has 1 aromatic carbocycles. The highest BCUT2D eigenvalue weighted by molar-refractivity contribution is 5.84. The third kappa shape index (κ3) is 5.60. The highest BCUT2D eigenvalue weighted by Crippen LogP contribution is 2.31. The normalized spacial score (nSPS) is 12.5. The number of benzene rings is 1. The number of halogens is 3. The van der Waals surface area contributed by atoms with Gasteiger partial charge in [0.1, 0.15) is 24.3 Å². The Labute approximate surface area is 140 Å². The first-order valence-electron chi connectivity index (χ1n) is 7.03. The number of rotatable bonds is 7. The monoisotopic (exact) mass is 357 g/mol. The fourth-order valence-electron chi connectivity index (χ4n) is 1.77. The van der Waals surface area contributed by atoms with E-state index in [0.717, 1.165) is 18.3 Å². The molecule has 0 aliphatic heterocycles. The van der Waals surface area contributed by atoms with Gasteiger partial charge in [-0.25, -0.2) is 14.8 Å². The zero-order chi connectivity index (χ0) is 18.4. The molecule has 2 aromatic rings. The van der Waals surface area contributed by atoms with Crippen LogP contribution in [0.15, 0.2) is 36.7 Å². The molecule has 0 radical (unpaired) electrons. The molecule has 7 nitrogen and oxygen atoms in total. The summed E-state index contributed by atoms with van der Waals surface area (Å²) in [5.41, 5.74) is -1.06. The van der Waals surface area contributed by atoms with Gasteiger partial charge in [-0.3, -0.25) is 0 Å². The third-order valence-electron chi connectivity index (χ3n) is 2.99. The van der Waals surface area contributed by atoms with Crippen molar-refractivity contribution in [2.24, 2.45) is 0 Å². The number of alkyl halides is 3. The van der Waals surface area contributed by atoms with Gasteiger partial charge in [0.25, 0.3) is 0 Å². The first-order chi connectivity index (χ1) is 11.8. The van der Waals surface area contributed by atoms with Crippen molar-refractivity contribution in [3.05, 3.63) is 47.9 Å². The largest absolute Gasteiger partial charge is 0.491 e. The van der Waals surface area contributed by atoms with Crippen molar-refractivity contribution in [1.82, 2.24) is 9.97 Å². The van der Waals surface area contributed by atoms with Crippen LogP contribution in [0.25, 0.3) is 0 Å². The standard InChI is InChI=1S/C15H14F3N3O4/c16-15(17,18)9-2-1-3-11(4-9)25-8-10(22)5-20-13-7-19-12(6-21-13)14(23)24/h1-4,6-7,10,22H,5,8H2,(H,20,21)(H,23,24). The Balaban J connectivity index is 1.82. The summed E-state index contributed by atoms with van der Waals surface area (Å²) in [4.78, 5) is 18.1. The molecule has 1 heterocycles. The molecular formula is C15H14F3N3O4. The van der Waals surface area contributed by atoms with E-state index >= 15 is 0 Å². The lowest BCUT2D eigenvalue weighted by atomic mass is 10.2. The minimum absolute atomic E-state index is 0.0138. The highest BCUT2D eigenvalue weighted by Gasteiger charge is 2.30. The van der Waals surface area contributed by atoms with Crippen molar-refractivity contribution >= 4 is 11.8 Å². The van der Waals surface area contributed by atoms with Gasteiger partial charge >= 0.3 is 12.1 Å². The topological polar surface area (TPSA) is 105 Å². The molecule has 0 saturated heterocycles. The summed E-state index contributed by atoms with van der Waals surface area (Å²) in [5.74, 6) is -0.990. The molecule has 2 rings (SSSR count). The number of nitrogens with one attached hydrogen (secondary N) is 1. The maximum atomic E-state index is 12.6. The van der Waals surface area contributed by atoms with Crippen molar-refractivity contribution in [2.75, 3.05) is 18.5 Å². The number of carbonyl (C=O) groups is 1. The molecule has 0 saturated carbocycles. The first-order valence-corrected chi connectivity index (χ1v) is 7.03. The van der Waals surface area contributed by atoms with E-state index in [2.05, 4.69) is 15.3 Å². The Bertz CT molecular complexity index is 723. The van der Waals surface area contributed by atoms with Crippen LogP contribution >= 0.6 is 0 Å². The Morgan fingerprint density at radius 1 is 1.28 bits per heavy atom. The summed E-state index contributed by atoms with van der Waals surface area (Å²) in [7, 11) is 0. The predicted molar refractivity (Wildman–Crippen MR) is 80.4 cm³/mol. The van der Waals surface area contributed by atoms with Gasteiger partial charge in [0, 0.05) is 6.54 Å². The van der Waals surface area contributed by atoms with Gasteiger partial charge in [0.15, 0.2) is 5.69 Å². The van der Waals surface area contributed by atoms with Gasteiger partial charge in [-0.05, 0) is 18.2 Å². The van der Waals surface area contributed by atoms with Crippen molar-refractivity contribution in [3.8, 4) is 5.75 Å². The van der Waals surface area contributed by atoms with Crippen LogP contribution in [0, 0.1) is 0 Å². The summed E-state index contributed by atoms with van der Waals surface area (Å²) in [6.07, 6.45) is -3.27. The number of aromatic carboxylic acids is 1. The minimum atomic E-state index is -4.47. The SMILES string of the molecule is O=C(O)c1cnc(NCC(O)COc2cccc(C(F)(F)F)c2)cn1. The van der Waals surface area contributed by atoms with Gasteiger partial charge in [-0.2, -0.15) is 13.2 Å². The number of carboxylic acids is 1. The lowest BCUT2D eigenvalue weighted by Crippen LogP contribution is -2.26. The molecule has 1 atom stereocenters. The summed E-state index contributed by atoms with van der Waals surface area (Å²) < 4.78 is 42.9. The Hall–Kier alpha value is -2.88. The number of anilines is 1. The van der Waals surface area contributed by atoms with E-state index in [9.17, 15) is 23.1 Å². The van der Waals surface area contributed by atoms with Crippen molar-refractivity contribution in [1.29, 1.82) is 0 Å². The second kappa shape index (κ2) is 7.79. The highest BCUT2D eigenvalue weighted by atomic mass is 19.4. The number of ether oxygens (including phenoxy) is 1. The number of aliphatic hydroxyl groups is 1. The van der Waals surface area contributed by atoms with Crippen LogP contribution in [0.4, 0.5) is 19.0 Å². The van der Waals surface area contributed by atoms with Crippen LogP contribution < -0.4 is 10.1 Å². The van der Waals surface area contributed by atoms with Crippen LogP contribution in [0.5, 0.6) is 5.75 Å². The molecule has 0 amide bonds.